The van der Waals surface area contributed by atoms with Crippen molar-refractivity contribution in [2.75, 3.05) is 137 Å². The molecular weight excluding hydrogens is 1840 g/mol. The number of carbonyl (C=O) groups is 5. The van der Waals surface area contributed by atoms with E-state index >= 15 is 0 Å². The van der Waals surface area contributed by atoms with E-state index in [0.717, 1.165) is 236 Å². The number of hydrogen-bond donors (Lipinski definition) is 3. The second-order valence-electron chi connectivity index (χ2n) is 39.3. The van der Waals surface area contributed by atoms with Gasteiger partial charge in [0.05, 0.1) is 0 Å². The largest absolute Gasteiger partial charge is 0.339 e. The summed E-state index contributed by atoms with van der Waals surface area (Å²) in [6.45, 7) is 48.2. The Bertz CT molecular complexity index is 6730. The first-order valence-electron chi connectivity index (χ1n) is 55.3. The molecular formula is C135H158N10O5. The number of nitrogens with one attached hydrogen (secondary N) is 3. The Balaban J connectivity index is 0.000000148. The van der Waals surface area contributed by atoms with Gasteiger partial charge in [0.2, 0.25) is 0 Å². The Morgan fingerprint density at radius 1 is 0.253 bits per heavy atom. The van der Waals surface area contributed by atoms with E-state index in [0.29, 0.717) is 0 Å². The van der Waals surface area contributed by atoms with Gasteiger partial charge in [0.1, 0.15) is 0 Å². The highest BCUT2D eigenvalue weighted by Gasteiger charge is 2.28. The molecule has 0 spiro atoms. The number of piperidine rings is 5. The summed E-state index contributed by atoms with van der Waals surface area (Å²) in [5.74, 6) is 0.531. The fourth-order valence-corrected chi connectivity index (χ4v) is 21.9. The van der Waals surface area contributed by atoms with Gasteiger partial charge < -0.3 is 40.4 Å². The summed E-state index contributed by atoms with van der Waals surface area (Å²) >= 11 is 0. The standard InChI is InChI=1S/2C30H34N2O.C27H30N2O.C25H32N2O.C23H28N2O/c1-4-20-31-21-18-25(19-22-31)29(28-13-9-11-23-10-7-8-12-27(23)28)24-14-16-26(17-15-24)30(33)32(5-2)6-3;1-3-32(4-2)30(33)28-17-15-26(16-18-28)29(25-13-9-6-10-14-25)27-19-21-31(22-20-27)23-24-11-7-5-8-12-24;1-3-29(4-2)27(30)23-14-12-21(13-15-23)26(22-16-18-28-19-17-22)25-11-7-9-20-8-5-6-10-24(20)25;1-5-27(6-2)25(28)22-12-10-20(11-13-22)24(21-14-16-26-17-15-21)23-18(3)8-7-9-19(23)4;1-3-25(4-2)23(26)21-12-10-19(11-13-21)22(18-8-6-5-7-9-18)20-14-16-24-17-15-20/h4,7-17H,1,5-6,18-22H2,2-3H3;5-18H,3-4,19-23H2,1-2H3;5-15,28H,3-4,16-19H2,1-2H3;7-13,26H,5-6,14-17H2,1-4H3;5-13,24H,3-4,14-17H2,1-2H3. The molecule has 150 heavy (non-hydrogen) atoms. The van der Waals surface area contributed by atoms with Crippen LogP contribution in [0.3, 0.4) is 0 Å². The van der Waals surface area contributed by atoms with Crippen LogP contribution in [-0.2, 0) is 6.54 Å². The minimum Gasteiger partial charge on any atom is -0.339 e. The van der Waals surface area contributed by atoms with E-state index < -0.39 is 0 Å². The van der Waals surface area contributed by atoms with Gasteiger partial charge in [0.15, 0.2) is 0 Å². The van der Waals surface area contributed by atoms with Crippen LogP contribution in [-0.4, -0.2) is 201 Å². The molecule has 5 aliphatic rings. The third-order valence-electron chi connectivity index (χ3n) is 30.3. The third-order valence-corrected chi connectivity index (χ3v) is 30.3. The van der Waals surface area contributed by atoms with E-state index in [4.69, 9.17) is 0 Å². The summed E-state index contributed by atoms with van der Waals surface area (Å²) in [5, 5.41) is 15.5. The van der Waals surface area contributed by atoms with Gasteiger partial charge in [-0.2, -0.15) is 0 Å². The number of benzene rings is 13. The molecule has 5 heterocycles. The Hall–Kier alpha value is -14.0. The third kappa shape index (κ3) is 28.8. The van der Waals surface area contributed by atoms with Gasteiger partial charge >= 0.3 is 0 Å². The molecule has 0 bridgehead atoms. The maximum atomic E-state index is 12.8. The smallest absolute Gasteiger partial charge is 0.253 e. The van der Waals surface area contributed by atoms with E-state index in [1.807, 2.05) is 160 Å². The lowest BCUT2D eigenvalue weighted by Gasteiger charge is -2.30. The molecule has 5 fully saturated rings. The molecule has 0 atom stereocenters. The van der Waals surface area contributed by atoms with E-state index in [1.165, 1.54) is 150 Å². The zero-order valence-electron chi connectivity index (χ0n) is 91.1. The highest BCUT2D eigenvalue weighted by molar-refractivity contribution is 6.03. The van der Waals surface area contributed by atoms with Gasteiger partial charge in [-0.3, -0.25) is 33.8 Å². The van der Waals surface area contributed by atoms with Crippen molar-refractivity contribution in [3.05, 3.63) is 456 Å². The molecule has 5 saturated heterocycles. The molecule has 0 saturated carbocycles. The Kier molecular flexibility index (Phi) is 42.5. The number of hydrogen-bond acceptors (Lipinski definition) is 10. The van der Waals surface area contributed by atoms with Gasteiger partial charge in [0.25, 0.3) is 29.5 Å². The van der Waals surface area contributed by atoms with Crippen LogP contribution in [0, 0.1) is 13.8 Å². The number of carbonyl (C=O) groups excluding carboxylic acids is 5. The topological polar surface area (TPSA) is 144 Å². The van der Waals surface area contributed by atoms with Crippen molar-refractivity contribution in [3.8, 4) is 0 Å². The fourth-order valence-electron chi connectivity index (χ4n) is 21.9. The van der Waals surface area contributed by atoms with Crippen LogP contribution in [0.5, 0.6) is 0 Å². The van der Waals surface area contributed by atoms with E-state index in [9.17, 15) is 24.0 Å². The summed E-state index contributed by atoms with van der Waals surface area (Å²) in [5.41, 5.74) is 34.4. The van der Waals surface area contributed by atoms with Crippen LogP contribution in [0.15, 0.2) is 356 Å². The van der Waals surface area contributed by atoms with Crippen molar-refractivity contribution in [3.63, 3.8) is 0 Å². The van der Waals surface area contributed by atoms with Crippen LogP contribution >= 0.6 is 0 Å². The van der Waals surface area contributed by atoms with E-state index in [2.05, 4.69) is 301 Å². The number of rotatable bonds is 29. The van der Waals surface area contributed by atoms with Crippen molar-refractivity contribution in [2.24, 2.45) is 0 Å². The van der Waals surface area contributed by atoms with Gasteiger partial charge in [-0.05, 0) is 369 Å². The number of aryl methyl sites for hydroxylation is 2. The van der Waals surface area contributed by atoms with Crippen molar-refractivity contribution in [1.82, 2.24) is 50.2 Å². The number of fused-ring (bicyclic) bond motifs is 2. The first kappa shape index (κ1) is 112. The average molecular weight is 2000 g/mol. The maximum absolute atomic E-state index is 12.8. The predicted octanol–water partition coefficient (Wildman–Crippen LogP) is 27.5. The quantitative estimate of drug-likeness (QED) is 0.0388. The Labute approximate surface area is 894 Å². The average Bonchev–Trinajstić information content (AvgIpc) is 0.789. The SMILES string of the molecule is C=CCN1CCC(=C(c2ccc(C(=O)N(CC)CC)cc2)c2cccc3ccccc23)CC1.CCN(CC)C(=O)c1ccc(C(=C2CCN(Cc3ccccc3)CC2)c2ccccc2)cc1.CCN(CC)C(=O)c1ccc(C(=C2CCNCC2)c2c(C)cccc2C)cc1.CCN(CC)C(=O)c1ccc(C(=C2CCNCC2)c2cccc3ccccc23)cc1.CCN(CC)C(=O)c1ccc(C(=C2CCNCC2)c2ccccc2)cc1. The van der Waals surface area contributed by atoms with Crippen LogP contribution in [0.2, 0.25) is 0 Å². The zero-order valence-corrected chi connectivity index (χ0v) is 91.1. The minimum absolute atomic E-state index is 0.101. The molecule has 3 N–H and O–H groups in total. The first-order valence-corrected chi connectivity index (χ1v) is 55.3. The summed E-state index contributed by atoms with van der Waals surface area (Å²) < 4.78 is 0. The zero-order chi connectivity index (χ0) is 106. The second kappa shape index (κ2) is 57.1. The van der Waals surface area contributed by atoms with Crippen LogP contribution in [0.4, 0.5) is 0 Å². The predicted molar refractivity (Wildman–Crippen MR) is 628 cm³/mol. The summed E-state index contributed by atoms with van der Waals surface area (Å²) in [6, 6.07) is 110. The molecule has 15 heteroatoms. The molecule has 15 nitrogen and oxygen atoms in total. The highest BCUT2D eigenvalue weighted by Crippen LogP contribution is 2.42. The minimum atomic E-state index is 0.101. The molecule has 0 unspecified atom stereocenters. The summed E-state index contributed by atoms with van der Waals surface area (Å²) in [4.78, 5) is 77.9. The molecule has 0 radical (unpaired) electrons. The van der Waals surface area contributed by atoms with Crippen molar-refractivity contribution in [2.45, 2.75) is 154 Å². The molecule has 18 rings (SSSR count). The van der Waals surface area contributed by atoms with Crippen molar-refractivity contribution >= 4 is 78.9 Å². The van der Waals surface area contributed by atoms with Crippen LogP contribution in [0.25, 0.3) is 49.4 Å². The number of amides is 5. The first-order chi connectivity index (χ1) is 73.4. The fraction of sp³-hybridized carbons (Fsp3) is 0.326. The second-order valence-corrected chi connectivity index (χ2v) is 39.3. The molecule has 5 aliphatic heterocycles. The molecule has 0 aliphatic carbocycles. The van der Waals surface area contributed by atoms with Gasteiger partial charge in [-0.15, -0.1) is 6.58 Å². The molecule has 13 aromatic carbocycles. The molecule has 13 aromatic rings. The van der Waals surface area contributed by atoms with Crippen LogP contribution < -0.4 is 16.0 Å². The summed E-state index contributed by atoms with van der Waals surface area (Å²) in [6.07, 6.45) is 12.6. The maximum Gasteiger partial charge on any atom is 0.253 e. The summed E-state index contributed by atoms with van der Waals surface area (Å²) in [7, 11) is 0. The van der Waals surface area contributed by atoms with Gasteiger partial charge in [0, 0.05) is 133 Å². The van der Waals surface area contributed by atoms with Gasteiger partial charge in [-0.25, -0.2) is 0 Å². The molecule has 778 valence electrons. The highest BCUT2D eigenvalue weighted by atomic mass is 16.2. The monoisotopic (exact) mass is 2000 g/mol. The number of nitrogens with zero attached hydrogens (tertiary/aromatic N) is 7. The lowest BCUT2D eigenvalue weighted by molar-refractivity contribution is 0.0765. The van der Waals surface area contributed by atoms with Crippen LogP contribution in [0.1, 0.15) is 258 Å². The van der Waals surface area contributed by atoms with Crippen molar-refractivity contribution < 1.29 is 24.0 Å². The Morgan fingerprint density at radius 2 is 0.487 bits per heavy atom. The number of likely N-dealkylation sites (tertiary alicyclic amines) is 2. The van der Waals surface area contributed by atoms with E-state index in [1.54, 1.807) is 0 Å². The van der Waals surface area contributed by atoms with E-state index in [-0.39, 0.29) is 29.5 Å². The van der Waals surface area contributed by atoms with Gasteiger partial charge in [-0.1, -0.05) is 289 Å². The normalized spacial score (nSPS) is 14.1. The Morgan fingerprint density at radius 3 is 0.800 bits per heavy atom. The lowest BCUT2D eigenvalue weighted by atomic mass is 9.84. The van der Waals surface area contributed by atoms with Crippen molar-refractivity contribution in [1.29, 1.82) is 0 Å². The lowest BCUT2D eigenvalue weighted by Crippen LogP contribution is -2.31. The molecule has 5 amide bonds. The molecule has 0 aromatic heterocycles.